The fourth-order valence-electron chi connectivity index (χ4n) is 2.06. The number of halogens is 2. The first-order chi connectivity index (χ1) is 9.74. The van der Waals surface area contributed by atoms with Gasteiger partial charge in [0.1, 0.15) is 5.82 Å². The number of hydrogen-bond donors (Lipinski definition) is 0. The highest BCUT2D eigenvalue weighted by Gasteiger charge is 2.04. The van der Waals surface area contributed by atoms with Gasteiger partial charge in [-0.25, -0.2) is 4.39 Å². The zero-order valence-electron chi connectivity index (χ0n) is 10.6. The molecule has 0 N–H and O–H groups in total. The van der Waals surface area contributed by atoms with Gasteiger partial charge in [-0.1, -0.05) is 58.4 Å². The van der Waals surface area contributed by atoms with Crippen LogP contribution in [-0.4, -0.2) is 4.98 Å². The van der Waals surface area contributed by atoms with Crippen LogP contribution in [0.25, 0.3) is 22.4 Å². The fraction of sp³-hybridized carbons (Fsp3) is 0. The Morgan fingerprint density at radius 1 is 0.800 bits per heavy atom. The van der Waals surface area contributed by atoms with E-state index in [1.165, 1.54) is 12.3 Å². The summed E-state index contributed by atoms with van der Waals surface area (Å²) in [6.07, 6.45) is 1.23. The third-order valence-electron chi connectivity index (χ3n) is 3.09. The Bertz CT molecular complexity index is 721. The van der Waals surface area contributed by atoms with E-state index in [-0.39, 0.29) is 5.82 Å². The first kappa shape index (κ1) is 13.0. The van der Waals surface area contributed by atoms with E-state index >= 15 is 0 Å². The summed E-state index contributed by atoms with van der Waals surface area (Å²) in [4.78, 5) is 4.08. The van der Waals surface area contributed by atoms with Gasteiger partial charge in [-0.15, -0.1) is 0 Å². The molecule has 0 aliphatic rings. The maximum atomic E-state index is 12.9. The maximum absolute atomic E-state index is 12.9. The van der Waals surface area contributed by atoms with Crippen molar-refractivity contribution in [3.63, 3.8) is 0 Å². The first-order valence-corrected chi connectivity index (χ1v) is 7.00. The molecule has 0 atom stereocenters. The molecule has 3 heteroatoms. The van der Waals surface area contributed by atoms with E-state index in [4.69, 9.17) is 0 Å². The highest BCUT2D eigenvalue weighted by molar-refractivity contribution is 9.10. The summed E-state index contributed by atoms with van der Waals surface area (Å²) in [7, 11) is 0. The van der Waals surface area contributed by atoms with E-state index in [0.717, 1.165) is 26.9 Å². The van der Waals surface area contributed by atoms with Gasteiger partial charge >= 0.3 is 0 Å². The molecule has 0 radical (unpaired) electrons. The van der Waals surface area contributed by atoms with Crippen LogP contribution in [0.2, 0.25) is 0 Å². The molecule has 0 amide bonds. The quantitative estimate of drug-likeness (QED) is 0.621. The fourth-order valence-corrected chi connectivity index (χ4v) is 2.58. The molecule has 20 heavy (non-hydrogen) atoms. The van der Waals surface area contributed by atoms with Gasteiger partial charge in [0.05, 0.1) is 11.9 Å². The lowest BCUT2D eigenvalue weighted by atomic mass is 10.0. The third kappa shape index (κ3) is 2.63. The molecule has 0 spiro atoms. The molecule has 0 saturated heterocycles. The Morgan fingerprint density at radius 2 is 1.50 bits per heavy atom. The molecule has 1 aromatic heterocycles. The summed E-state index contributed by atoms with van der Waals surface area (Å²) in [6, 6.07) is 19.3. The van der Waals surface area contributed by atoms with Crippen molar-refractivity contribution in [3.05, 3.63) is 77.2 Å². The Balaban J connectivity index is 1.96. The predicted molar refractivity (Wildman–Crippen MR) is 82.8 cm³/mol. The molecule has 0 unspecified atom stereocenters. The summed E-state index contributed by atoms with van der Waals surface area (Å²) < 4.78 is 13.9. The smallest absolute Gasteiger partial charge is 0.141 e. The van der Waals surface area contributed by atoms with E-state index in [0.29, 0.717) is 0 Å². The van der Waals surface area contributed by atoms with Crippen LogP contribution in [0.5, 0.6) is 0 Å². The molecule has 1 heterocycles. The van der Waals surface area contributed by atoms with Gasteiger partial charge in [0.25, 0.3) is 0 Å². The lowest BCUT2D eigenvalue weighted by molar-refractivity contribution is 0.622. The van der Waals surface area contributed by atoms with Crippen LogP contribution in [0.15, 0.2) is 71.3 Å². The summed E-state index contributed by atoms with van der Waals surface area (Å²) in [5.74, 6) is -0.321. The predicted octanol–water partition coefficient (Wildman–Crippen LogP) is 5.32. The van der Waals surface area contributed by atoms with Crippen molar-refractivity contribution in [2.45, 2.75) is 0 Å². The van der Waals surface area contributed by atoms with Crippen molar-refractivity contribution >= 4 is 15.9 Å². The Kier molecular flexibility index (Phi) is 3.61. The monoisotopic (exact) mass is 327 g/mol. The van der Waals surface area contributed by atoms with E-state index < -0.39 is 0 Å². The van der Waals surface area contributed by atoms with E-state index in [1.807, 2.05) is 42.5 Å². The minimum atomic E-state index is -0.321. The topological polar surface area (TPSA) is 12.9 Å². The summed E-state index contributed by atoms with van der Waals surface area (Å²) >= 11 is 3.55. The lowest BCUT2D eigenvalue weighted by Crippen LogP contribution is -1.85. The Labute approximate surface area is 125 Å². The average molecular weight is 328 g/mol. The van der Waals surface area contributed by atoms with Crippen LogP contribution >= 0.6 is 15.9 Å². The van der Waals surface area contributed by atoms with Gasteiger partial charge in [0.2, 0.25) is 0 Å². The molecule has 3 rings (SSSR count). The summed E-state index contributed by atoms with van der Waals surface area (Å²) in [5, 5.41) is 0. The van der Waals surface area contributed by atoms with Gasteiger partial charge in [0, 0.05) is 10.0 Å². The number of pyridine rings is 1. The number of nitrogens with zero attached hydrogens (tertiary/aromatic N) is 1. The molecule has 98 valence electrons. The van der Waals surface area contributed by atoms with Gasteiger partial charge < -0.3 is 0 Å². The molecule has 0 saturated carbocycles. The van der Waals surface area contributed by atoms with Crippen LogP contribution < -0.4 is 0 Å². The number of aromatic nitrogens is 1. The van der Waals surface area contributed by atoms with Crippen molar-refractivity contribution in [2.24, 2.45) is 0 Å². The van der Waals surface area contributed by atoms with Crippen molar-refractivity contribution in [1.29, 1.82) is 0 Å². The minimum Gasteiger partial charge on any atom is -0.253 e. The first-order valence-electron chi connectivity index (χ1n) is 6.21. The maximum Gasteiger partial charge on any atom is 0.141 e. The number of hydrogen-bond acceptors (Lipinski definition) is 1. The highest BCUT2D eigenvalue weighted by atomic mass is 79.9. The molecule has 0 fully saturated rings. The third-order valence-corrected chi connectivity index (χ3v) is 3.78. The van der Waals surface area contributed by atoms with Gasteiger partial charge in [-0.2, -0.15) is 0 Å². The van der Waals surface area contributed by atoms with Gasteiger partial charge in [-0.3, -0.25) is 4.98 Å². The van der Waals surface area contributed by atoms with Crippen LogP contribution in [0.1, 0.15) is 0 Å². The molecule has 1 nitrogen and oxygen atoms in total. The molecule has 3 aromatic rings. The molecule has 0 bridgehead atoms. The van der Waals surface area contributed by atoms with E-state index in [2.05, 4.69) is 27.0 Å². The molecular weight excluding hydrogens is 317 g/mol. The SMILES string of the molecule is Fc1ccc(-c2ccc(-c3ccccc3Br)cc2)nc1. The Hall–Kier alpha value is -2.00. The Morgan fingerprint density at radius 3 is 2.15 bits per heavy atom. The summed E-state index contributed by atoms with van der Waals surface area (Å²) in [6.45, 7) is 0. The van der Waals surface area contributed by atoms with Crippen molar-refractivity contribution in [2.75, 3.05) is 0 Å². The van der Waals surface area contributed by atoms with Crippen LogP contribution in [-0.2, 0) is 0 Å². The lowest BCUT2D eigenvalue weighted by Gasteiger charge is -2.06. The van der Waals surface area contributed by atoms with Crippen LogP contribution in [0.3, 0.4) is 0 Å². The van der Waals surface area contributed by atoms with E-state index in [1.54, 1.807) is 6.07 Å². The molecule has 0 aliphatic carbocycles. The second kappa shape index (κ2) is 5.55. The second-order valence-corrected chi connectivity index (χ2v) is 5.27. The van der Waals surface area contributed by atoms with Crippen molar-refractivity contribution in [3.8, 4) is 22.4 Å². The largest absolute Gasteiger partial charge is 0.253 e. The summed E-state index contributed by atoms with van der Waals surface area (Å²) in [5.41, 5.74) is 4.01. The standard InChI is InChI=1S/C17H11BrFN/c18-16-4-2-1-3-15(16)12-5-7-13(8-6-12)17-10-9-14(19)11-20-17/h1-11H. The van der Waals surface area contributed by atoms with Gasteiger partial charge in [-0.05, 0) is 29.3 Å². The van der Waals surface area contributed by atoms with Crippen LogP contribution in [0.4, 0.5) is 4.39 Å². The minimum absolute atomic E-state index is 0.321. The highest BCUT2D eigenvalue weighted by Crippen LogP contribution is 2.29. The molecule has 0 aliphatic heterocycles. The van der Waals surface area contributed by atoms with E-state index in [9.17, 15) is 4.39 Å². The zero-order valence-corrected chi connectivity index (χ0v) is 12.1. The number of rotatable bonds is 2. The number of benzene rings is 2. The van der Waals surface area contributed by atoms with Crippen LogP contribution in [0, 0.1) is 5.82 Å². The van der Waals surface area contributed by atoms with Gasteiger partial charge in [0.15, 0.2) is 0 Å². The second-order valence-electron chi connectivity index (χ2n) is 4.42. The zero-order chi connectivity index (χ0) is 13.9. The molecular formula is C17H11BrFN. The van der Waals surface area contributed by atoms with Crippen molar-refractivity contribution in [1.82, 2.24) is 4.98 Å². The molecule has 2 aromatic carbocycles. The average Bonchev–Trinajstić information content (AvgIpc) is 2.49. The van der Waals surface area contributed by atoms with Crippen molar-refractivity contribution < 1.29 is 4.39 Å². The normalized spacial score (nSPS) is 10.5.